The molecule has 2 saturated heterocycles. The first kappa shape index (κ1) is 20.7. The Balaban J connectivity index is 1.27. The van der Waals surface area contributed by atoms with E-state index in [2.05, 4.69) is 15.0 Å². The molecule has 1 atom stereocenters. The number of amides is 1. The van der Waals surface area contributed by atoms with E-state index in [9.17, 15) is 9.18 Å². The number of likely N-dealkylation sites (tertiary alicyclic amines) is 1. The Morgan fingerprint density at radius 1 is 1.23 bits per heavy atom. The zero-order chi connectivity index (χ0) is 21.1. The Labute approximate surface area is 175 Å². The zero-order valence-corrected chi connectivity index (χ0v) is 17.5. The Hall–Kier alpha value is -2.52. The second-order valence-corrected chi connectivity index (χ2v) is 7.95. The second-order valence-electron chi connectivity index (χ2n) is 7.95. The van der Waals surface area contributed by atoms with Crippen LogP contribution in [0, 0.1) is 12.7 Å². The molecule has 9 heteroatoms. The minimum absolute atomic E-state index is 0.0374. The molecule has 4 rings (SSSR count). The van der Waals surface area contributed by atoms with Gasteiger partial charge in [-0.15, -0.1) is 0 Å². The zero-order valence-electron chi connectivity index (χ0n) is 17.5. The minimum Gasteiger partial charge on any atom is -0.491 e. The van der Waals surface area contributed by atoms with Crippen LogP contribution >= 0.6 is 0 Å². The SMILES string of the molecule is Cc1nc(CN2CCC(N3C[C@H](COc4ccc(F)cc4)OCC3=O)CC2)n(C)n1. The van der Waals surface area contributed by atoms with Crippen LogP contribution in [-0.2, 0) is 23.1 Å². The maximum absolute atomic E-state index is 13.0. The van der Waals surface area contributed by atoms with Crippen molar-refractivity contribution in [1.82, 2.24) is 24.6 Å². The molecule has 2 aliphatic heterocycles. The lowest BCUT2D eigenvalue weighted by Crippen LogP contribution is -2.55. The molecule has 162 valence electrons. The molecule has 1 amide bonds. The number of hydrogen-bond donors (Lipinski definition) is 0. The molecule has 30 heavy (non-hydrogen) atoms. The number of halogens is 1. The van der Waals surface area contributed by atoms with E-state index in [1.54, 1.807) is 12.1 Å². The van der Waals surface area contributed by atoms with Crippen molar-refractivity contribution in [1.29, 1.82) is 0 Å². The fourth-order valence-corrected chi connectivity index (χ4v) is 4.10. The lowest BCUT2D eigenvalue weighted by molar-refractivity contribution is -0.155. The van der Waals surface area contributed by atoms with Crippen LogP contribution < -0.4 is 4.74 Å². The normalized spacial score (nSPS) is 21.2. The lowest BCUT2D eigenvalue weighted by atomic mass is 10.0. The van der Waals surface area contributed by atoms with Gasteiger partial charge in [0.25, 0.3) is 0 Å². The van der Waals surface area contributed by atoms with Crippen LogP contribution in [0.3, 0.4) is 0 Å². The van der Waals surface area contributed by atoms with Gasteiger partial charge in [-0.1, -0.05) is 0 Å². The third-order valence-electron chi connectivity index (χ3n) is 5.73. The highest BCUT2D eigenvalue weighted by atomic mass is 19.1. The molecule has 0 saturated carbocycles. The topological polar surface area (TPSA) is 72.7 Å². The molecule has 0 unspecified atom stereocenters. The molecule has 2 aromatic rings. The number of aryl methyl sites for hydroxylation is 2. The molecular formula is C21H28FN5O3. The van der Waals surface area contributed by atoms with Gasteiger partial charge in [0, 0.05) is 26.2 Å². The summed E-state index contributed by atoms with van der Waals surface area (Å²) in [5.74, 6) is 2.08. The average molecular weight is 417 g/mol. The van der Waals surface area contributed by atoms with Gasteiger partial charge in [0.15, 0.2) is 0 Å². The molecule has 2 fully saturated rings. The van der Waals surface area contributed by atoms with E-state index in [1.165, 1.54) is 12.1 Å². The number of nitrogens with zero attached hydrogens (tertiary/aromatic N) is 5. The van der Waals surface area contributed by atoms with Crippen molar-refractivity contribution < 1.29 is 18.7 Å². The number of piperidine rings is 1. The Morgan fingerprint density at radius 3 is 2.63 bits per heavy atom. The molecule has 8 nitrogen and oxygen atoms in total. The summed E-state index contributed by atoms with van der Waals surface area (Å²) in [6.07, 6.45) is 1.66. The van der Waals surface area contributed by atoms with Crippen molar-refractivity contribution in [3.05, 3.63) is 41.7 Å². The maximum Gasteiger partial charge on any atom is 0.248 e. The summed E-state index contributed by atoms with van der Waals surface area (Å²) in [6, 6.07) is 6.13. The Morgan fingerprint density at radius 2 is 1.97 bits per heavy atom. The molecule has 1 aromatic carbocycles. The van der Waals surface area contributed by atoms with E-state index in [1.807, 2.05) is 23.6 Å². The number of rotatable bonds is 6. The second kappa shape index (κ2) is 9.09. The Bertz CT molecular complexity index is 864. The molecule has 3 heterocycles. The smallest absolute Gasteiger partial charge is 0.248 e. The molecule has 0 radical (unpaired) electrons. The van der Waals surface area contributed by atoms with Crippen LogP contribution in [0.4, 0.5) is 4.39 Å². The molecule has 0 bridgehead atoms. The largest absolute Gasteiger partial charge is 0.491 e. The monoisotopic (exact) mass is 417 g/mol. The number of carbonyl (C=O) groups is 1. The van der Waals surface area contributed by atoms with Gasteiger partial charge >= 0.3 is 0 Å². The maximum atomic E-state index is 13.0. The number of aromatic nitrogens is 3. The van der Waals surface area contributed by atoms with Crippen LogP contribution in [0.5, 0.6) is 5.75 Å². The van der Waals surface area contributed by atoms with Crippen LogP contribution in [0.2, 0.25) is 0 Å². The highest BCUT2D eigenvalue weighted by molar-refractivity contribution is 5.78. The first-order valence-electron chi connectivity index (χ1n) is 10.4. The predicted octanol–water partition coefficient (Wildman–Crippen LogP) is 1.53. The molecule has 0 spiro atoms. The highest BCUT2D eigenvalue weighted by Gasteiger charge is 2.34. The summed E-state index contributed by atoms with van der Waals surface area (Å²) in [7, 11) is 1.92. The molecule has 0 N–H and O–H groups in total. The first-order chi connectivity index (χ1) is 14.5. The minimum atomic E-state index is -0.298. The van der Waals surface area contributed by atoms with Crippen LogP contribution in [0.15, 0.2) is 24.3 Å². The van der Waals surface area contributed by atoms with E-state index in [0.29, 0.717) is 18.9 Å². The van der Waals surface area contributed by atoms with Crippen LogP contribution in [-0.4, -0.2) is 75.5 Å². The van der Waals surface area contributed by atoms with Crippen LogP contribution in [0.25, 0.3) is 0 Å². The molecule has 2 aliphatic rings. The molecule has 0 aliphatic carbocycles. The van der Waals surface area contributed by atoms with E-state index in [-0.39, 0.29) is 30.5 Å². The number of carbonyl (C=O) groups excluding carboxylic acids is 1. The summed E-state index contributed by atoms with van der Waals surface area (Å²) in [5, 5.41) is 4.31. The summed E-state index contributed by atoms with van der Waals surface area (Å²) < 4.78 is 26.2. The van der Waals surface area contributed by atoms with Gasteiger partial charge in [0.2, 0.25) is 5.91 Å². The number of morpholine rings is 1. The van der Waals surface area contributed by atoms with Gasteiger partial charge in [-0.05, 0) is 44.0 Å². The Kier molecular flexibility index (Phi) is 6.29. The standard InChI is InChI=1S/C21H28FN5O3/c1-15-23-20(25(2)24-15)12-26-9-7-17(8-10-26)27-11-19(30-14-21(27)28)13-29-18-5-3-16(22)4-6-18/h3-6,17,19H,7-14H2,1-2H3/t19-/m1/s1. The fourth-order valence-electron chi connectivity index (χ4n) is 4.10. The van der Waals surface area contributed by atoms with Gasteiger partial charge in [-0.25, -0.2) is 9.37 Å². The van der Waals surface area contributed by atoms with Crippen molar-refractivity contribution in [2.75, 3.05) is 32.8 Å². The van der Waals surface area contributed by atoms with E-state index in [0.717, 1.165) is 44.1 Å². The number of ether oxygens (including phenoxy) is 2. The number of benzene rings is 1. The number of hydrogen-bond acceptors (Lipinski definition) is 6. The molecular weight excluding hydrogens is 389 g/mol. The lowest BCUT2D eigenvalue weighted by Gasteiger charge is -2.42. The summed E-state index contributed by atoms with van der Waals surface area (Å²) in [5.41, 5.74) is 0. The molecule has 1 aromatic heterocycles. The van der Waals surface area contributed by atoms with Crippen molar-refractivity contribution in [3.63, 3.8) is 0 Å². The van der Waals surface area contributed by atoms with E-state index < -0.39 is 0 Å². The first-order valence-corrected chi connectivity index (χ1v) is 10.4. The van der Waals surface area contributed by atoms with Gasteiger partial charge in [0.05, 0.1) is 13.1 Å². The van der Waals surface area contributed by atoms with E-state index in [4.69, 9.17) is 9.47 Å². The van der Waals surface area contributed by atoms with Gasteiger partial charge < -0.3 is 14.4 Å². The average Bonchev–Trinajstić information content (AvgIpc) is 3.06. The van der Waals surface area contributed by atoms with Crippen molar-refractivity contribution in [3.8, 4) is 5.75 Å². The van der Waals surface area contributed by atoms with Gasteiger partial charge in [0.1, 0.15) is 42.5 Å². The van der Waals surface area contributed by atoms with Gasteiger partial charge in [-0.2, -0.15) is 5.10 Å². The quantitative estimate of drug-likeness (QED) is 0.710. The van der Waals surface area contributed by atoms with Gasteiger partial charge in [-0.3, -0.25) is 14.4 Å². The summed E-state index contributed by atoms with van der Waals surface area (Å²) in [6.45, 7) is 5.43. The summed E-state index contributed by atoms with van der Waals surface area (Å²) >= 11 is 0. The third kappa shape index (κ3) is 4.96. The third-order valence-corrected chi connectivity index (χ3v) is 5.73. The predicted molar refractivity (Wildman–Crippen MR) is 107 cm³/mol. The van der Waals surface area contributed by atoms with Crippen molar-refractivity contribution >= 4 is 5.91 Å². The van der Waals surface area contributed by atoms with Crippen molar-refractivity contribution in [2.24, 2.45) is 7.05 Å². The fraction of sp³-hybridized carbons (Fsp3) is 0.571. The van der Waals surface area contributed by atoms with Crippen LogP contribution in [0.1, 0.15) is 24.5 Å². The van der Waals surface area contributed by atoms with Crippen molar-refractivity contribution in [2.45, 2.75) is 38.5 Å². The summed E-state index contributed by atoms with van der Waals surface area (Å²) in [4.78, 5) is 21.2. The highest BCUT2D eigenvalue weighted by Crippen LogP contribution is 2.22. The van der Waals surface area contributed by atoms with E-state index >= 15 is 0 Å².